The summed E-state index contributed by atoms with van der Waals surface area (Å²) in [6, 6.07) is 6.85. The van der Waals surface area contributed by atoms with Gasteiger partial charge in [0.15, 0.2) is 11.6 Å². The van der Waals surface area contributed by atoms with Crippen LogP contribution >= 0.6 is 0 Å². The van der Waals surface area contributed by atoms with Crippen molar-refractivity contribution in [1.82, 2.24) is 0 Å². The van der Waals surface area contributed by atoms with Gasteiger partial charge in [-0.2, -0.15) is 4.39 Å². The van der Waals surface area contributed by atoms with E-state index in [0.717, 1.165) is 49.3 Å². The summed E-state index contributed by atoms with van der Waals surface area (Å²) in [5.41, 5.74) is 0.561. The van der Waals surface area contributed by atoms with Gasteiger partial charge in [-0.3, -0.25) is 0 Å². The van der Waals surface area contributed by atoms with E-state index in [2.05, 4.69) is 11.7 Å². The lowest BCUT2D eigenvalue weighted by Gasteiger charge is -2.29. The van der Waals surface area contributed by atoms with Crippen molar-refractivity contribution < 1.29 is 26.7 Å². The van der Waals surface area contributed by atoms with Crippen molar-refractivity contribution in [2.45, 2.75) is 70.6 Å². The predicted molar refractivity (Wildman–Crippen MR) is 112 cm³/mol. The highest BCUT2D eigenvalue weighted by Crippen LogP contribution is 2.39. The van der Waals surface area contributed by atoms with Crippen LogP contribution in [0.1, 0.15) is 69.8 Å². The van der Waals surface area contributed by atoms with E-state index in [0.29, 0.717) is 0 Å². The van der Waals surface area contributed by atoms with Crippen molar-refractivity contribution in [3.8, 4) is 16.9 Å². The molecule has 0 bridgehead atoms. The Bertz CT molecular complexity index is 859. The number of hydrogen-bond donors (Lipinski definition) is 0. The van der Waals surface area contributed by atoms with E-state index in [1.807, 2.05) is 0 Å². The van der Waals surface area contributed by atoms with Gasteiger partial charge in [0.1, 0.15) is 12.4 Å². The molecule has 0 spiro atoms. The van der Waals surface area contributed by atoms with Gasteiger partial charge in [-0.25, -0.2) is 17.6 Å². The molecule has 1 aliphatic carbocycles. The van der Waals surface area contributed by atoms with Crippen LogP contribution in [-0.4, -0.2) is 13.0 Å². The lowest BCUT2D eigenvalue weighted by atomic mass is 9.77. The van der Waals surface area contributed by atoms with Crippen LogP contribution in [0.25, 0.3) is 11.1 Å². The Hall–Kier alpha value is -2.11. The summed E-state index contributed by atoms with van der Waals surface area (Å²) in [4.78, 5) is 0. The minimum Gasteiger partial charge on any atom is -0.484 e. The van der Waals surface area contributed by atoms with Crippen LogP contribution in [0.2, 0.25) is 0 Å². The summed E-state index contributed by atoms with van der Waals surface area (Å²) < 4.78 is 72.5. The standard InChI is InChI=1S/C25H29F5O/c1-2-3-4-5-16-6-8-17(9-7-16)18-10-11-19(21(26)14-18)20-12-13-22(25(30)24(20)29)31-15-23(27)28/h10-14,16-17,23H,2-9,15H2,1H3. The minimum atomic E-state index is -2.81. The van der Waals surface area contributed by atoms with Crippen LogP contribution in [0.5, 0.6) is 5.75 Å². The van der Waals surface area contributed by atoms with Crippen molar-refractivity contribution in [2.75, 3.05) is 6.61 Å². The van der Waals surface area contributed by atoms with Crippen LogP contribution in [0.15, 0.2) is 30.3 Å². The van der Waals surface area contributed by atoms with Gasteiger partial charge in [-0.05, 0) is 61.3 Å². The molecule has 1 nitrogen and oxygen atoms in total. The Morgan fingerprint density at radius 3 is 2.26 bits per heavy atom. The molecule has 31 heavy (non-hydrogen) atoms. The van der Waals surface area contributed by atoms with Crippen molar-refractivity contribution in [1.29, 1.82) is 0 Å². The highest BCUT2D eigenvalue weighted by atomic mass is 19.3. The fourth-order valence-electron chi connectivity index (χ4n) is 4.48. The third-order valence-electron chi connectivity index (χ3n) is 6.23. The number of halogens is 5. The van der Waals surface area contributed by atoms with Crippen molar-refractivity contribution in [2.24, 2.45) is 5.92 Å². The van der Waals surface area contributed by atoms with Gasteiger partial charge in [0.25, 0.3) is 6.43 Å². The van der Waals surface area contributed by atoms with Crippen LogP contribution < -0.4 is 4.74 Å². The fourth-order valence-corrected chi connectivity index (χ4v) is 4.48. The topological polar surface area (TPSA) is 9.23 Å². The molecule has 170 valence electrons. The first-order valence-electron chi connectivity index (χ1n) is 11.1. The van der Waals surface area contributed by atoms with E-state index in [1.54, 1.807) is 6.07 Å². The number of ether oxygens (including phenoxy) is 1. The van der Waals surface area contributed by atoms with Gasteiger partial charge in [-0.15, -0.1) is 0 Å². The van der Waals surface area contributed by atoms with E-state index in [-0.39, 0.29) is 17.0 Å². The number of benzene rings is 2. The largest absolute Gasteiger partial charge is 0.484 e. The molecule has 1 saturated carbocycles. The number of unbranched alkanes of at least 4 members (excludes halogenated alkanes) is 2. The molecule has 2 aromatic carbocycles. The first kappa shape index (κ1) is 23.6. The Morgan fingerprint density at radius 2 is 1.61 bits per heavy atom. The predicted octanol–water partition coefficient (Wildman–Crippen LogP) is 8.27. The summed E-state index contributed by atoms with van der Waals surface area (Å²) in [5, 5.41) is 0. The number of alkyl halides is 2. The van der Waals surface area contributed by atoms with Gasteiger partial charge in [0.05, 0.1) is 0 Å². The molecule has 1 aliphatic rings. The molecule has 0 unspecified atom stereocenters. The van der Waals surface area contributed by atoms with Gasteiger partial charge < -0.3 is 4.74 Å². The second-order valence-electron chi connectivity index (χ2n) is 8.39. The minimum absolute atomic E-state index is 0.0613. The average molecular weight is 440 g/mol. The van der Waals surface area contributed by atoms with Crippen molar-refractivity contribution in [3.63, 3.8) is 0 Å². The van der Waals surface area contributed by atoms with Crippen molar-refractivity contribution >= 4 is 0 Å². The first-order chi connectivity index (χ1) is 14.9. The summed E-state index contributed by atoms with van der Waals surface area (Å²) in [6.45, 7) is 1.16. The van der Waals surface area contributed by atoms with E-state index >= 15 is 0 Å². The maximum absolute atomic E-state index is 14.8. The second kappa shape index (κ2) is 11.0. The van der Waals surface area contributed by atoms with Crippen molar-refractivity contribution in [3.05, 3.63) is 53.3 Å². The quantitative estimate of drug-likeness (QED) is 0.282. The molecule has 0 radical (unpaired) electrons. The average Bonchev–Trinajstić information content (AvgIpc) is 2.76. The zero-order valence-electron chi connectivity index (χ0n) is 17.8. The Kier molecular flexibility index (Phi) is 8.33. The van der Waals surface area contributed by atoms with Crippen LogP contribution in [0.3, 0.4) is 0 Å². The maximum Gasteiger partial charge on any atom is 0.272 e. The van der Waals surface area contributed by atoms with Gasteiger partial charge in [0, 0.05) is 11.1 Å². The molecule has 0 aromatic heterocycles. The smallest absolute Gasteiger partial charge is 0.272 e. The number of rotatable bonds is 9. The van der Waals surface area contributed by atoms with E-state index in [4.69, 9.17) is 0 Å². The van der Waals surface area contributed by atoms with E-state index in [9.17, 15) is 22.0 Å². The summed E-state index contributed by atoms with van der Waals surface area (Å²) >= 11 is 0. The monoisotopic (exact) mass is 440 g/mol. The lowest BCUT2D eigenvalue weighted by Crippen LogP contribution is -2.13. The van der Waals surface area contributed by atoms with Crippen LogP contribution in [-0.2, 0) is 0 Å². The zero-order valence-corrected chi connectivity index (χ0v) is 17.8. The molecule has 0 amide bonds. The fraction of sp³-hybridized carbons (Fsp3) is 0.520. The van der Waals surface area contributed by atoms with E-state index in [1.165, 1.54) is 37.8 Å². The van der Waals surface area contributed by atoms with Crippen LogP contribution in [0.4, 0.5) is 22.0 Å². The normalized spacial score (nSPS) is 19.1. The molecule has 3 rings (SSSR count). The lowest BCUT2D eigenvalue weighted by molar-refractivity contribution is 0.0795. The van der Waals surface area contributed by atoms with Gasteiger partial charge in [0.2, 0.25) is 5.82 Å². The molecular weight excluding hydrogens is 411 g/mol. The van der Waals surface area contributed by atoms with Crippen LogP contribution in [0, 0.1) is 23.4 Å². The molecule has 0 atom stereocenters. The molecule has 0 aliphatic heterocycles. The third-order valence-corrected chi connectivity index (χ3v) is 6.23. The molecule has 0 saturated heterocycles. The molecular formula is C25H29F5O. The summed E-state index contributed by atoms with van der Waals surface area (Å²) in [6.07, 6.45) is 6.50. The second-order valence-corrected chi connectivity index (χ2v) is 8.39. The molecule has 0 N–H and O–H groups in total. The SMILES string of the molecule is CCCCCC1CCC(c2ccc(-c3ccc(OCC(F)F)c(F)c3F)c(F)c2)CC1. The number of hydrogen-bond acceptors (Lipinski definition) is 1. The molecule has 1 fully saturated rings. The summed E-state index contributed by atoms with van der Waals surface area (Å²) in [5.74, 6) is -2.93. The van der Waals surface area contributed by atoms with Gasteiger partial charge in [-0.1, -0.05) is 44.7 Å². The highest BCUT2D eigenvalue weighted by molar-refractivity contribution is 5.66. The Balaban J connectivity index is 1.69. The van der Waals surface area contributed by atoms with Gasteiger partial charge >= 0.3 is 0 Å². The maximum atomic E-state index is 14.8. The summed E-state index contributed by atoms with van der Waals surface area (Å²) in [7, 11) is 0. The van der Waals surface area contributed by atoms with E-state index < -0.39 is 36.2 Å². The first-order valence-corrected chi connectivity index (χ1v) is 11.1. The highest BCUT2D eigenvalue weighted by Gasteiger charge is 2.24. The Morgan fingerprint density at radius 1 is 0.903 bits per heavy atom. The third kappa shape index (κ3) is 5.98. The zero-order chi connectivity index (χ0) is 22.4. The molecule has 6 heteroatoms. The molecule has 0 heterocycles. The molecule has 2 aromatic rings. The Labute approximate surface area is 180 Å².